The highest BCUT2D eigenvalue weighted by Gasteiger charge is 2.13. The van der Waals surface area contributed by atoms with E-state index in [-0.39, 0.29) is 11.3 Å². The second kappa shape index (κ2) is 8.03. The molecular formula is C21H23N3O3. The van der Waals surface area contributed by atoms with Gasteiger partial charge in [0.25, 0.3) is 0 Å². The average Bonchev–Trinajstić information content (AvgIpc) is 2.98. The van der Waals surface area contributed by atoms with Gasteiger partial charge in [-0.3, -0.25) is 4.57 Å². The third-order valence-electron chi connectivity index (χ3n) is 4.54. The lowest BCUT2D eigenvalue weighted by Gasteiger charge is -2.09. The molecule has 0 atom stereocenters. The zero-order chi connectivity index (χ0) is 19.4. The van der Waals surface area contributed by atoms with E-state index >= 15 is 0 Å². The minimum atomic E-state index is -0.947. The minimum Gasteiger partial charge on any atom is -0.478 e. The van der Waals surface area contributed by atoms with E-state index in [9.17, 15) is 14.7 Å². The Bertz CT molecular complexity index is 1000. The molecule has 0 aliphatic heterocycles. The lowest BCUT2D eigenvalue weighted by Crippen LogP contribution is -2.25. The van der Waals surface area contributed by atoms with Gasteiger partial charge >= 0.3 is 11.7 Å². The van der Waals surface area contributed by atoms with E-state index in [4.69, 9.17) is 0 Å². The molecule has 6 heteroatoms. The highest BCUT2D eigenvalue weighted by atomic mass is 16.4. The van der Waals surface area contributed by atoms with Gasteiger partial charge in [0.2, 0.25) is 0 Å². The van der Waals surface area contributed by atoms with Gasteiger partial charge < -0.3 is 5.11 Å². The predicted molar refractivity (Wildman–Crippen MR) is 104 cm³/mol. The molecular weight excluding hydrogens is 342 g/mol. The van der Waals surface area contributed by atoms with E-state index in [0.29, 0.717) is 18.7 Å². The van der Waals surface area contributed by atoms with Crippen molar-refractivity contribution in [3.05, 3.63) is 76.0 Å². The summed E-state index contributed by atoms with van der Waals surface area (Å²) in [5.41, 5.74) is 2.67. The summed E-state index contributed by atoms with van der Waals surface area (Å²) < 4.78 is 3.20. The summed E-state index contributed by atoms with van der Waals surface area (Å²) in [4.78, 5) is 23.9. The zero-order valence-corrected chi connectivity index (χ0v) is 15.6. The van der Waals surface area contributed by atoms with Crippen molar-refractivity contribution in [3.63, 3.8) is 0 Å². The molecule has 1 N–H and O–H groups in total. The monoisotopic (exact) mass is 365 g/mol. The summed E-state index contributed by atoms with van der Waals surface area (Å²) >= 11 is 0. The van der Waals surface area contributed by atoms with Crippen LogP contribution in [0.2, 0.25) is 0 Å². The summed E-state index contributed by atoms with van der Waals surface area (Å²) in [7, 11) is 0. The third kappa shape index (κ3) is 3.84. The lowest BCUT2D eigenvalue weighted by atomic mass is 9.99. The molecule has 2 aromatic carbocycles. The number of hydrogen-bond donors (Lipinski definition) is 1. The molecule has 0 spiro atoms. The molecule has 140 valence electrons. The van der Waals surface area contributed by atoms with Crippen LogP contribution in [0.15, 0.2) is 53.3 Å². The molecule has 6 nitrogen and oxygen atoms in total. The van der Waals surface area contributed by atoms with Crippen molar-refractivity contribution < 1.29 is 9.90 Å². The normalized spacial score (nSPS) is 10.9. The van der Waals surface area contributed by atoms with Crippen molar-refractivity contribution >= 4 is 5.97 Å². The second-order valence-electron chi connectivity index (χ2n) is 6.40. The molecule has 0 saturated carbocycles. The topological polar surface area (TPSA) is 77.1 Å². The van der Waals surface area contributed by atoms with Crippen LogP contribution in [0.5, 0.6) is 0 Å². The predicted octanol–water partition coefficient (Wildman–Crippen LogP) is 3.43. The summed E-state index contributed by atoms with van der Waals surface area (Å²) in [5, 5.41) is 13.8. The van der Waals surface area contributed by atoms with Gasteiger partial charge in [0, 0.05) is 13.0 Å². The summed E-state index contributed by atoms with van der Waals surface area (Å²) in [6, 6.07) is 14.6. The van der Waals surface area contributed by atoms with Crippen molar-refractivity contribution in [1.82, 2.24) is 14.3 Å². The van der Waals surface area contributed by atoms with Gasteiger partial charge in [-0.25, -0.2) is 14.3 Å². The summed E-state index contributed by atoms with van der Waals surface area (Å²) in [6.45, 7) is 4.97. The van der Waals surface area contributed by atoms with Crippen LogP contribution >= 0.6 is 0 Å². The molecule has 1 aromatic heterocycles. The van der Waals surface area contributed by atoms with E-state index in [0.717, 1.165) is 29.8 Å². The molecule has 0 radical (unpaired) electrons. The highest BCUT2D eigenvalue weighted by molar-refractivity contribution is 5.95. The fourth-order valence-corrected chi connectivity index (χ4v) is 3.15. The lowest BCUT2D eigenvalue weighted by molar-refractivity contribution is 0.0697. The molecule has 1 heterocycles. The van der Waals surface area contributed by atoms with E-state index in [1.807, 2.05) is 37.3 Å². The Morgan fingerprint density at radius 3 is 2.41 bits per heavy atom. The van der Waals surface area contributed by atoms with Crippen molar-refractivity contribution in [2.24, 2.45) is 0 Å². The first-order valence-corrected chi connectivity index (χ1v) is 9.13. The van der Waals surface area contributed by atoms with E-state index < -0.39 is 5.97 Å². The number of hydrogen-bond acceptors (Lipinski definition) is 3. The number of carboxylic acid groups (broad SMARTS) is 1. The van der Waals surface area contributed by atoms with Gasteiger partial charge in [-0.05, 0) is 36.1 Å². The van der Waals surface area contributed by atoms with Crippen LogP contribution in [-0.4, -0.2) is 25.4 Å². The van der Waals surface area contributed by atoms with Gasteiger partial charge in [-0.1, -0.05) is 49.4 Å². The Morgan fingerprint density at radius 1 is 1.07 bits per heavy atom. The number of aromatic carboxylic acids is 1. The average molecular weight is 365 g/mol. The Hall–Kier alpha value is -3.15. The van der Waals surface area contributed by atoms with E-state index in [1.54, 1.807) is 22.8 Å². The van der Waals surface area contributed by atoms with Crippen LogP contribution in [0.25, 0.3) is 11.1 Å². The summed E-state index contributed by atoms with van der Waals surface area (Å²) in [6.07, 6.45) is 1.68. The maximum absolute atomic E-state index is 12.5. The SMILES string of the molecule is CCCc1nn(CC)c(=O)n1Cc1ccc(-c2ccccc2C(=O)O)cc1. The third-order valence-corrected chi connectivity index (χ3v) is 4.54. The number of carbonyl (C=O) groups is 1. The quantitative estimate of drug-likeness (QED) is 0.696. The van der Waals surface area contributed by atoms with Crippen molar-refractivity contribution in [2.75, 3.05) is 0 Å². The Morgan fingerprint density at radius 2 is 1.78 bits per heavy atom. The highest BCUT2D eigenvalue weighted by Crippen LogP contribution is 2.24. The molecule has 0 aliphatic carbocycles. The van der Waals surface area contributed by atoms with Gasteiger partial charge in [0.05, 0.1) is 12.1 Å². The van der Waals surface area contributed by atoms with Gasteiger partial charge in [0.1, 0.15) is 5.82 Å². The number of benzene rings is 2. The first-order valence-electron chi connectivity index (χ1n) is 9.13. The van der Waals surface area contributed by atoms with Crippen molar-refractivity contribution in [1.29, 1.82) is 0 Å². The van der Waals surface area contributed by atoms with Crippen LogP contribution in [0.4, 0.5) is 0 Å². The fraction of sp³-hybridized carbons (Fsp3) is 0.286. The first-order chi connectivity index (χ1) is 13.0. The minimum absolute atomic E-state index is 0.0961. The molecule has 0 amide bonds. The van der Waals surface area contributed by atoms with Crippen LogP contribution in [0.1, 0.15) is 42.0 Å². The van der Waals surface area contributed by atoms with Crippen LogP contribution < -0.4 is 5.69 Å². The van der Waals surface area contributed by atoms with Gasteiger partial charge in [0.15, 0.2) is 0 Å². The Balaban J connectivity index is 1.91. The zero-order valence-electron chi connectivity index (χ0n) is 15.6. The maximum atomic E-state index is 12.5. The fourth-order valence-electron chi connectivity index (χ4n) is 3.15. The van der Waals surface area contributed by atoms with Crippen LogP contribution in [-0.2, 0) is 19.5 Å². The molecule has 3 rings (SSSR count). The van der Waals surface area contributed by atoms with Crippen molar-refractivity contribution in [3.8, 4) is 11.1 Å². The smallest absolute Gasteiger partial charge is 0.346 e. The van der Waals surface area contributed by atoms with E-state index in [1.165, 1.54) is 4.68 Å². The molecule has 0 saturated heterocycles. The second-order valence-corrected chi connectivity index (χ2v) is 6.40. The first kappa shape index (κ1) is 18.6. The molecule has 3 aromatic rings. The number of carboxylic acids is 1. The molecule has 0 aliphatic rings. The van der Waals surface area contributed by atoms with Crippen LogP contribution in [0, 0.1) is 0 Å². The number of aromatic nitrogens is 3. The number of rotatable bonds is 7. The largest absolute Gasteiger partial charge is 0.478 e. The van der Waals surface area contributed by atoms with Gasteiger partial charge in [-0.15, -0.1) is 0 Å². The summed E-state index contributed by atoms with van der Waals surface area (Å²) in [5.74, 6) is -0.151. The van der Waals surface area contributed by atoms with Crippen molar-refractivity contribution in [2.45, 2.75) is 39.8 Å². The number of aryl methyl sites for hydroxylation is 2. The molecule has 0 fully saturated rings. The standard InChI is InChI=1S/C21H23N3O3/c1-3-7-19-22-24(4-2)21(27)23(19)14-15-10-12-16(13-11-15)17-8-5-6-9-18(17)20(25)26/h5-6,8-13H,3-4,7,14H2,1-2H3,(H,25,26). The maximum Gasteiger partial charge on any atom is 0.346 e. The van der Waals surface area contributed by atoms with E-state index in [2.05, 4.69) is 12.0 Å². The molecule has 0 bridgehead atoms. The number of nitrogens with zero attached hydrogens (tertiary/aromatic N) is 3. The Labute approximate surface area is 157 Å². The van der Waals surface area contributed by atoms with Gasteiger partial charge in [-0.2, -0.15) is 5.10 Å². The van der Waals surface area contributed by atoms with Crippen LogP contribution in [0.3, 0.4) is 0 Å². The molecule has 0 unspecified atom stereocenters. The Kier molecular flexibility index (Phi) is 5.54. The molecule has 27 heavy (non-hydrogen) atoms.